The highest BCUT2D eigenvalue weighted by molar-refractivity contribution is 6.32. The minimum Gasteiger partial charge on any atom is -0.380 e. The molecule has 120 valence electrons. The highest BCUT2D eigenvalue weighted by Crippen LogP contribution is 2.37. The summed E-state index contributed by atoms with van der Waals surface area (Å²) in [5, 5.41) is 25.9. The number of nitro groups is 1. The number of nitrogens with two attached hydrogens (primary N) is 1. The lowest BCUT2D eigenvalue weighted by atomic mass is 10.1. The molecule has 24 heavy (non-hydrogen) atoms. The molecule has 0 fully saturated rings. The molecule has 0 aliphatic rings. The Kier molecular flexibility index (Phi) is 4.21. The number of nitro benzene ring substituents is 1. The number of azo groups is 1. The van der Waals surface area contributed by atoms with Crippen molar-refractivity contribution in [2.45, 2.75) is 0 Å². The van der Waals surface area contributed by atoms with Crippen molar-refractivity contribution in [2.75, 3.05) is 5.73 Å². The molecule has 2 aromatic carbocycles. The smallest absolute Gasteiger partial charge is 0.288 e. The first kappa shape index (κ1) is 15.6. The lowest BCUT2D eigenvalue weighted by molar-refractivity contribution is -0.384. The van der Waals surface area contributed by atoms with Gasteiger partial charge in [0.2, 0.25) is 0 Å². The second-order valence-electron chi connectivity index (χ2n) is 4.79. The molecule has 0 atom stereocenters. The standard InChI is InChI=1S/C15H11ClN6O2/c16-11-7-6-9(8-12(11)22(23)24)13-14(15(17)21-19-13)20-18-10-4-2-1-3-5-10/h1-8H,(H3,17,19,21). The van der Waals surface area contributed by atoms with Crippen molar-refractivity contribution in [3.05, 3.63) is 63.7 Å². The van der Waals surface area contributed by atoms with E-state index in [0.717, 1.165) is 0 Å². The maximum atomic E-state index is 11.0. The zero-order valence-corrected chi connectivity index (χ0v) is 12.9. The maximum absolute atomic E-state index is 11.0. The molecule has 3 aromatic rings. The molecule has 8 nitrogen and oxygen atoms in total. The van der Waals surface area contributed by atoms with E-state index in [1.54, 1.807) is 18.2 Å². The molecule has 0 saturated carbocycles. The number of benzene rings is 2. The van der Waals surface area contributed by atoms with E-state index < -0.39 is 4.92 Å². The van der Waals surface area contributed by atoms with Crippen molar-refractivity contribution in [3.8, 4) is 11.3 Å². The molecule has 0 saturated heterocycles. The number of nitrogens with zero attached hydrogens (tertiary/aromatic N) is 4. The number of nitrogen functional groups attached to an aromatic ring is 1. The molecule has 0 amide bonds. The van der Waals surface area contributed by atoms with Gasteiger partial charge in [-0.15, -0.1) is 5.11 Å². The fourth-order valence-electron chi connectivity index (χ4n) is 2.06. The molecular formula is C15H11ClN6O2. The average molecular weight is 343 g/mol. The summed E-state index contributed by atoms with van der Waals surface area (Å²) in [5.41, 5.74) is 7.45. The quantitative estimate of drug-likeness (QED) is 0.407. The van der Waals surface area contributed by atoms with E-state index in [9.17, 15) is 10.1 Å². The van der Waals surface area contributed by atoms with Crippen LogP contribution in [0, 0.1) is 10.1 Å². The Bertz CT molecular complexity index is 923. The molecule has 0 unspecified atom stereocenters. The van der Waals surface area contributed by atoms with Crippen LogP contribution in [0.3, 0.4) is 0 Å². The van der Waals surface area contributed by atoms with Gasteiger partial charge in [-0.3, -0.25) is 15.2 Å². The lowest BCUT2D eigenvalue weighted by Gasteiger charge is -2.01. The highest BCUT2D eigenvalue weighted by atomic mass is 35.5. The van der Waals surface area contributed by atoms with Crippen LogP contribution in [0.1, 0.15) is 0 Å². The van der Waals surface area contributed by atoms with Crippen molar-refractivity contribution in [2.24, 2.45) is 10.2 Å². The number of aromatic nitrogens is 2. The number of hydrogen-bond acceptors (Lipinski definition) is 6. The summed E-state index contributed by atoms with van der Waals surface area (Å²) in [5.74, 6) is 0.141. The molecule has 0 spiro atoms. The zero-order chi connectivity index (χ0) is 17.1. The molecule has 3 N–H and O–H groups in total. The topological polar surface area (TPSA) is 123 Å². The summed E-state index contributed by atoms with van der Waals surface area (Å²) in [6.07, 6.45) is 0. The third kappa shape index (κ3) is 3.08. The number of hydrogen-bond donors (Lipinski definition) is 2. The molecule has 9 heteroatoms. The monoisotopic (exact) mass is 342 g/mol. The van der Waals surface area contributed by atoms with Crippen molar-refractivity contribution in [1.82, 2.24) is 10.2 Å². The summed E-state index contributed by atoms with van der Waals surface area (Å²) in [6, 6.07) is 13.5. The van der Waals surface area contributed by atoms with Crippen LogP contribution in [0.5, 0.6) is 0 Å². The van der Waals surface area contributed by atoms with Crippen LogP contribution in [0.25, 0.3) is 11.3 Å². The zero-order valence-electron chi connectivity index (χ0n) is 12.2. The molecule has 0 aliphatic heterocycles. The van der Waals surface area contributed by atoms with Gasteiger partial charge in [0.05, 0.1) is 16.3 Å². The maximum Gasteiger partial charge on any atom is 0.288 e. The van der Waals surface area contributed by atoms with Crippen LogP contribution < -0.4 is 5.73 Å². The highest BCUT2D eigenvalue weighted by Gasteiger charge is 2.18. The Morgan fingerprint density at radius 3 is 2.62 bits per heavy atom. The van der Waals surface area contributed by atoms with Crippen LogP contribution in [0.15, 0.2) is 58.8 Å². The van der Waals surface area contributed by atoms with Gasteiger partial charge >= 0.3 is 0 Å². The Morgan fingerprint density at radius 2 is 1.92 bits per heavy atom. The van der Waals surface area contributed by atoms with Crippen LogP contribution >= 0.6 is 11.6 Å². The minimum absolute atomic E-state index is 0.0451. The van der Waals surface area contributed by atoms with Gasteiger partial charge in [-0.1, -0.05) is 35.9 Å². The molecule has 3 rings (SSSR count). The van der Waals surface area contributed by atoms with Gasteiger partial charge in [0.1, 0.15) is 5.02 Å². The second-order valence-corrected chi connectivity index (χ2v) is 5.20. The van der Waals surface area contributed by atoms with Crippen LogP contribution in [-0.2, 0) is 0 Å². The normalized spacial score (nSPS) is 11.0. The number of aromatic amines is 1. The summed E-state index contributed by atoms with van der Waals surface area (Å²) >= 11 is 5.83. The molecule has 0 bridgehead atoms. The fraction of sp³-hybridized carbons (Fsp3) is 0. The first-order valence-electron chi connectivity index (χ1n) is 6.81. The number of halogens is 1. The van der Waals surface area contributed by atoms with Gasteiger partial charge in [0, 0.05) is 11.6 Å². The first-order valence-corrected chi connectivity index (χ1v) is 7.19. The number of H-pyrrole nitrogens is 1. The van der Waals surface area contributed by atoms with Gasteiger partial charge in [0.25, 0.3) is 5.69 Å². The molecule has 1 aromatic heterocycles. The van der Waals surface area contributed by atoms with E-state index in [4.69, 9.17) is 17.3 Å². The number of nitrogens with one attached hydrogen (secondary N) is 1. The average Bonchev–Trinajstić information content (AvgIpc) is 2.95. The van der Waals surface area contributed by atoms with E-state index in [1.807, 2.05) is 18.2 Å². The largest absolute Gasteiger partial charge is 0.380 e. The molecule has 0 radical (unpaired) electrons. The van der Waals surface area contributed by atoms with E-state index in [1.165, 1.54) is 12.1 Å². The van der Waals surface area contributed by atoms with Gasteiger partial charge < -0.3 is 5.73 Å². The van der Waals surface area contributed by atoms with Gasteiger partial charge in [-0.05, 0) is 18.2 Å². The molecule has 0 aliphatic carbocycles. The Labute approximate surface area is 141 Å². The Balaban J connectivity index is 2.03. The summed E-state index contributed by atoms with van der Waals surface area (Å²) in [4.78, 5) is 10.5. The third-order valence-electron chi connectivity index (χ3n) is 3.22. The number of anilines is 1. The fourth-order valence-corrected chi connectivity index (χ4v) is 2.25. The van der Waals surface area contributed by atoms with Crippen LogP contribution in [-0.4, -0.2) is 15.1 Å². The summed E-state index contributed by atoms with van der Waals surface area (Å²) in [6.45, 7) is 0. The van der Waals surface area contributed by atoms with E-state index >= 15 is 0 Å². The minimum atomic E-state index is -0.559. The molecular weight excluding hydrogens is 332 g/mol. The van der Waals surface area contributed by atoms with Crippen molar-refractivity contribution in [1.29, 1.82) is 0 Å². The van der Waals surface area contributed by atoms with Crippen LogP contribution in [0.2, 0.25) is 5.02 Å². The Hall–Kier alpha value is -3.26. The van der Waals surface area contributed by atoms with Gasteiger partial charge in [-0.2, -0.15) is 10.2 Å². The first-order chi connectivity index (χ1) is 11.6. The van der Waals surface area contributed by atoms with Gasteiger partial charge in [-0.25, -0.2) is 0 Å². The number of rotatable bonds is 4. The summed E-state index contributed by atoms with van der Waals surface area (Å²) < 4.78 is 0. The van der Waals surface area contributed by atoms with Crippen molar-refractivity contribution >= 4 is 34.5 Å². The summed E-state index contributed by atoms with van der Waals surface area (Å²) in [7, 11) is 0. The van der Waals surface area contributed by atoms with E-state index in [2.05, 4.69) is 20.4 Å². The van der Waals surface area contributed by atoms with Crippen molar-refractivity contribution in [3.63, 3.8) is 0 Å². The van der Waals surface area contributed by atoms with E-state index in [0.29, 0.717) is 22.6 Å². The predicted octanol–water partition coefficient (Wildman–Crippen LogP) is 4.64. The lowest BCUT2D eigenvalue weighted by Crippen LogP contribution is -1.90. The van der Waals surface area contributed by atoms with Gasteiger partial charge in [0.15, 0.2) is 11.5 Å². The molecule has 1 heterocycles. The predicted molar refractivity (Wildman–Crippen MR) is 90.7 cm³/mol. The van der Waals surface area contributed by atoms with Crippen molar-refractivity contribution < 1.29 is 4.92 Å². The Morgan fingerprint density at radius 1 is 1.17 bits per heavy atom. The second kappa shape index (κ2) is 6.47. The SMILES string of the molecule is Nc1n[nH]c(-c2ccc(Cl)c([N+](=O)[O-])c2)c1N=Nc1ccccc1. The van der Waals surface area contributed by atoms with Crippen LogP contribution in [0.4, 0.5) is 22.9 Å². The van der Waals surface area contributed by atoms with E-state index in [-0.39, 0.29) is 16.5 Å². The third-order valence-corrected chi connectivity index (χ3v) is 3.54.